The van der Waals surface area contributed by atoms with Crippen molar-refractivity contribution in [2.45, 2.75) is 89.9 Å². The van der Waals surface area contributed by atoms with E-state index in [1.54, 1.807) is 54.9 Å². The van der Waals surface area contributed by atoms with Gasteiger partial charge in [-0.2, -0.15) is 0 Å². The molecule has 2 saturated carbocycles. The van der Waals surface area contributed by atoms with E-state index in [1.807, 2.05) is 0 Å². The van der Waals surface area contributed by atoms with Crippen LogP contribution in [0.3, 0.4) is 0 Å². The molecule has 2 fully saturated rings. The van der Waals surface area contributed by atoms with Gasteiger partial charge in [-0.15, -0.1) is 82.0 Å². The average Bonchev–Trinajstić information content (AvgIpc) is 3.99. The van der Waals surface area contributed by atoms with Crippen molar-refractivity contribution in [2.24, 2.45) is 0 Å². The Labute approximate surface area is 354 Å². The van der Waals surface area contributed by atoms with Crippen LogP contribution in [-0.2, 0) is 61.3 Å². The number of halogens is 2. The Morgan fingerprint density at radius 2 is 0.846 bits per heavy atom. The summed E-state index contributed by atoms with van der Waals surface area (Å²) in [6, 6.07) is 33.5. The first kappa shape index (κ1) is 41.1. The Kier molecular flexibility index (Phi) is 16.3. The maximum absolute atomic E-state index is 3.61. The molecule has 264 valence electrons. The summed E-state index contributed by atoms with van der Waals surface area (Å²) in [6.07, 6.45) is 31.8. The van der Waals surface area contributed by atoms with Crippen molar-refractivity contribution in [1.82, 2.24) is 0 Å². The molecule has 4 heteroatoms. The van der Waals surface area contributed by atoms with Crippen molar-refractivity contribution in [3.8, 4) is 22.3 Å². The van der Waals surface area contributed by atoms with E-state index in [0.29, 0.717) is 0 Å². The molecule has 0 amide bonds. The van der Waals surface area contributed by atoms with E-state index in [2.05, 4.69) is 121 Å². The summed E-state index contributed by atoms with van der Waals surface area (Å²) in [5.41, 5.74) is 16.3. The Hall–Kier alpha value is -2.07. The van der Waals surface area contributed by atoms with Gasteiger partial charge in [0.2, 0.25) is 0 Å². The quantitative estimate of drug-likeness (QED) is 0.184. The average molecular weight is 876 g/mol. The van der Waals surface area contributed by atoms with Gasteiger partial charge in [0, 0.05) is 0 Å². The van der Waals surface area contributed by atoms with Gasteiger partial charge in [0.15, 0.2) is 0 Å². The van der Waals surface area contributed by atoms with Crippen molar-refractivity contribution >= 4 is 17.6 Å². The van der Waals surface area contributed by atoms with Gasteiger partial charge >= 0.3 is 119 Å². The first-order chi connectivity index (χ1) is 24.6. The predicted molar refractivity (Wildman–Crippen MR) is 207 cm³/mol. The Bertz CT molecular complexity index is 1850. The summed E-state index contributed by atoms with van der Waals surface area (Å²) in [6.45, 7) is 0. The predicted octanol–water partition coefficient (Wildman–Crippen LogP) is 6.15. The molecule has 0 aromatic heterocycles. The van der Waals surface area contributed by atoms with Crippen molar-refractivity contribution < 1.29 is 73.3 Å². The van der Waals surface area contributed by atoms with E-state index in [-0.39, 0.29) is 24.8 Å². The SMILES string of the molecule is [Cl-].[Cl-].[Zr]=[C]1CCCCC1.[Zr]=[C]1CCCCC1.[c-]1c(C2=CC=CC2)ccc2c1Cc1ccccc1-2.[c-]1c(C2=CC=CC2)ccc2c1Cc1ccccc1-2. The van der Waals surface area contributed by atoms with Gasteiger partial charge in [-0.25, -0.2) is 0 Å². The fourth-order valence-electron chi connectivity index (χ4n) is 7.74. The summed E-state index contributed by atoms with van der Waals surface area (Å²) in [7, 11) is 0. The van der Waals surface area contributed by atoms with Crippen molar-refractivity contribution in [2.75, 3.05) is 0 Å². The van der Waals surface area contributed by atoms with Crippen LogP contribution in [0.25, 0.3) is 33.4 Å². The maximum atomic E-state index is 3.61. The third-order valence-electron chi connectivity index (χ3n) is 10.6. The second kappa shape index (κ2) is 20.6. The third-order valence-corrected chi connectivity index (χ3v) is 13.0. The summed E-state index contributed by atoms with van der Waals surface area (Å²) < 4.78 is 3.61. The van der Waals surface area contributed by atoms with Gasteiger partial charge in [-0.1, -0.05) is 95.1 Å². The Morgan fingerprint density at radius 1 is 0.442 bits per heavy atom. The van der Waals surface area contributed by atoms with Crippen molar-refractivity contribution in [1.29, 1.82) is 0 Å². The molecule has 6 aliphatic carbocycles. The Morgan fingerprint density at radius 3 is 1.19 bits per heavy atom. The van der Waals surface area contributed by atoms with Gasteiger partial charge in [0.1, 0.15) is 0 Å². The van der Waals surface area contributed by atoms with Gasteiger partial charge in [0.25, 0.3) is 0 Å². The van der Waals surface area contributed by atoms with E-state index in [0.717, 1.165) is 25.7 Å². The first-order valence-electron chi connectivity index (χ1n) is 18.7. The third kappa shape index (κ3) is 10.6. The molecular formula is C48H46Cl2Zr2-4. The molecule has 4 aromatic carbocycles. The number of benzene rings is 4. The molecular weight excluding hydrogens is 830 g/mol. The number of hydrogen-bond donors (Lipinski definition) is 0. The Balaban J connectivity index is 0.000000144. The smallest absolute Gasteiger partial charge is 0.0195 e. The molecule has 4 aromatic rings. The fraction of sp³-hybridized carbons (Fsp3) is 0.292. The standard InChI is InChI=1S/2C18H13.2C6H10.2ClH.2Zr/c2*1-2-6-13(5-1)14-9-10-18-16(11-14)12-15-7-3-4-8-17(15)18;2*1-2-4-6-5-3-1;;;;/h2*1-5,7-10H,6,12H2;2*1-5H2;2*1H;;/q2*-1;;;;;;/p-2. The van der Waals surface area contributed by atoms with Crippen LogP contribution in [0.2, 0.25) is 0 Å². The second-order valence-electron chi connectivity index (χ2n) is 14.2. The summed E-state index contributed by atoms with van der Waals surface area (Å²) in [4.78, 5) is 0. The molecule has 0 aliphatic heterocycles. The van der Waals surface area contributed by atoms with Crippen LogP contribution in [0.15, 0.2) is 109 Å². The zero-order chi connectivity index (χ0) is 34.1. The van der Waals surface area contributed by atoms with Crippen LogP contribution in [0.1, 0.15) is 110 Å². The molecule has 0 radical (unpaired) electrons. The molecule has 0 saturated heterocycles. The minimum Gasteiger partial charge on any atom is -0.147 e. The molecule has 0 bridgehead atoms. The number of fused-ring (bicyclic) bond motifs is 6. The van der Waals surface area contributed by atoms with E-state index in [9.17, 15) is 0 Å². The number of hydrogen-bond acceptors (Lipinski definition) is 0. The topological polar surface area (TPSA) is 0 Å². The van der Waals surface area contributed by atoms with Crippen LogP contribution < -0.4 is 24.8 Å². The van der Waals surface area contributed by atoms with Crippen LogP contribution >= 0.6 is 0 Å². The van der Waals surface area contributed by atoms with Crippen LogP contribution in [0, 0.1) is 12.1 Å². The molecule has 0 atom stereocenters. The molecule has 6 aliphatic rings. The van der Waals surface area contributed by atoms with E-state index in [4.69, 9.17) is 0 Å². The summed E-state index contributed by atoms with van der Waals surface area (Å²) >= 11 is 3.38. The van der Waals surface area contributed by atoms with E-state index >= 15 is 0 Å². The molecule has 0 spiro atoms. The summed E-state index contributed by atoms with van der Waals surface area (Å²) in [5, 5.41) is 0. The molecule has 0 heterocycles. The minimum absolute atomic E-state index is 0. The minimum atomic E-state index is 0. The van der Waals surface area contributed by atoms with E-state index in [1.165, 1.54) is 131 Å². The summed E-state index contributed by atoms with van der Waals surface area (Å²) in [5.74, 6) is 0. The zero-order valence-corrected chi connectivity index (χ0v) is 36.5. The molecule has 52 heavy (non-hydrogen) atoms. The first-order valence-corrected chi connectivity index (χ1v) is 21.2. The molecule has 0 N–H and O–H groups in total. The van der Waals surface area contributed by atoms with Gasteiger partial charge in [-0.05, 0) is 36.8 Å². The molecule has 0 unspecified atom stereocenters. The van der Waals surface area contributed by atoms with E-state index < -0.39 is 0 Å². The maximum Gasteiger partial charge on any atom is -0.0195 e. The van der Waals surface area contributed by atoms with Crippen molar-refractivity contribution in [3.05, 3.63) is 155 Å². The van der Waals surface area contributed by atoms with Crippen LogP contribution in [-0.4, -0.2) is 6.41 Å². The second-order valence-corrected chi connectivity index (χ2v) is 17.6. The van der Waals surface area contributed by atoms with Crippen LogP contribution in [0.4, 0.5) is 0 Å². The van der Waals surface area contributed by atoms with Gasteiger partial charge in [-0.3, -0.25) is 0 Å². The van der Waals surface area contributed by atoms with Gasteiger partial charge < -0.3 is 24.8 Å². The molecule has 10 rings (SSSR count). The number of rotatable bonds is 2. The van der Waals surface area contributed by atoms with Gasteiger partial charge in [0.05, 0.1) is 0 Å². The number of allylic oxidation sites excluding steroid dienone is 8. The normalized spacial score (nSPS) is 16.7. The monoisotopic (exact) mass is 872 g/mol. The largest absolute Gasteiger partial charge is 0.147 e. The zero-order valence-electron chi connectivity index (χ0n) is 30.0. The fourth-order valence-corrected chi connectivity index (χ4v) is 9.48. The molecule has 0 nitrogen and oxygen atoms in total. The van der Waals surface area contributed by atoms with Crippen LogP contribution in [0.5, 0.6) is 0 Å². The van der Waals surface area contributed by atoms with Crippen molar-refractivity contribution in [3.63, 3.8) is 0 Å².